The number of nitrogens with one attached hydrogen (secondary N) is 3. The molecule has 0 aromatic carbocycles. The van der Waals surface area contributed by atoms with Crippen LogP contribution in [0.3, 0.4) is 0 Å². The molecule has 2 aliphatic heterocycles. The zero-order valence-electron chi connectivity index (χ0n) is 16.1. The molecular formula is C19H28ClN5O3. The van der Waals surface area contributed by atoms with Gasteiger partial charge in [0.25, 0.3) is 11.8 Å². The standard InChI is InChI=1S/C19H27N5O3.ClH/c1-20-17(25)16-7-6-14(11-22-16)19(27)24-9-3-4-13(12-24)10-23-18(26)15-5-2-8-21-15;/h6-7,11,13,15,21H,2-5,8-10,12H2,1H3,(H,20,25)(H,23,26);1H. The fourth-order valence-corrected chi connectivity index (χ4v) is 3.66. The number of likely N-dealkylation sites (tertiary alicyclic amines) is 1. The Hall–Kier alpha value is -2.19. The average molecular weight is 410 g/mol. The van der Waals surface area contributed by atoms with Gasteiger partial charge in [-0.25, -0.2) is 0 Å². The molecule has 2 fully saturated rings. The van der Waals surface area contributed by atoms with Crippen molar-refractivity contribution in [1.29, 1.82) is 0 Å². The Morgan fingerprint density at radius 2 is 2.07 bits per heavy atom. The summed E-state index contributed by atoms with van der Waals surface area (Å²) in [4.78, 5) is 42.3. The zero-order valence-corrected chi connectivity index (χ0v) is 16.9. The molecule has 28 heavy (non-hydrogen) atoms. The van der Waals surface area contributed by atoms with E-state index in [1.165, 1.54) is 6.20 Å². The summed E-state index contributed by atoms with van der Waals surface area (Å²) in [5, 5.41) is 8.73. The molecule has 3 N–H and O–H groups in total. The minimum atomic E-state index is -0.278. The number of carbonyl (C=O) groups is 3. The lowest BCUT2D eigenvalue weighted by Crippen LogP contribution is -2.46. The number of aromatic nitrogens is 1. The maximum atomic E-state index is 12.7. The first kappa shape index (κ1) is 22.1. The number of pyridine rings is 1. The van der Waals surface area contributed by atoms with Crippen molar-refractivity contribution in [2.75, 3.05) is 33.2 Å². The summed E-state index contributed by atoms with van der Waals surface area (Å²) in [6.45, 7) is 2.81. The summed E-state index contributed by atoms with van der Waals surface area (Å²) in [6.07, 6.45) is 5.29. The number of amides is 3. The molecule has 3 heterocycles. The lowest BCUT2D eigenvalue weighted by Gasteiger charge is -2.33. The van der Waals surface area contributed by atoms with E-state index in [4.69, 9.17) is 0 Å². The van der Waals surface area contributed by atoms with Gasteiger partial charge >= 0.3 is 0 Å². The first-order valence-electron chi connectivity index (χ1n) is 9.57. The van der Waals surface area contributed by atoms with Gasteiger partial charge in [0.2, 0.25) is 5.91 Å². The van der Waals surface area contributed by atoms with Crippen molar-refractivity contribution < 1.29 is 14.4 Å². The zero-order chi connectivity index (χ0) is 19.2. The second kappa shape index (κ2) is 10.4. The largest absolute Gasteiger partial charge is 0.354 e. The lowest BCUT2D eigenvalue weighted by molar-refractivity contribution is -0.123. The Morgan fingerprint density at radius 3 is 2.71 bits per heavy atom. The minimum Gasteiger partial charge on any atom is -0.354 e. The highest BCUT2D eigenvalue weighted by Gasteiger charge is 2.27. The number of hydrogen-bond donors (Lipinski definition) is 3. The number of rotatable bonds is 5. The van der Waals surface area contributed by atoms with E-state index in [1.807, 2.05) is 4.90 Å². The Balaban J connectivity index is 0.00000280. The maximum absolute atomic E-state index is 12.7. The summed E-state index contributed by atoms with van der Waals surface area (Å²) >= 11 is 0. The van der Waals surface area contributed by atoms with E-state index < -0.39 is 0 Å². The SMILES string of the molecule is CNC(=O)c1ccc(C(=O)N2CCCC(CNC(=O)C3CCCN3)C2)cn1.Cl. The summed E-state index contributed by atoms with van der Waals surface area (Å²) in [7, 11) is 1.54. The van der Waals surface area contributed by atoms with Crippen LogP contribution in [0.5, 0.6) is 0 Å². The monoisotopic (exact) mass is 409 g/mol. The van der Waals surface area contributed by atoms with Crippen LogP contribution in [0.4, 0.5) is 0 Å². The van der Waals surface area contributed by atoms with Gasteiger partial charge < -0.3 is 20.9 Å². The number of piperidine rings is 1. The molecule has 154 valence electrons. The summed E-state index contributed by atoms with van der Waals surface area (Å²) in [5.74, 6) is -0.0462. The van der Waals surface area contributed by atoms with Gasteiger partial charge in [-0.3, -0.25) is 19.4 Å². The van der Waals surface area contributed by atoms with E-state index in [1.54, 1.807) is 19.2 Å². The third kappa shape index (κ3) is 5.42. The molecule has 3 rings (SSSR count). The molecule has 8 nitrogen and oxygen atoms in total. The predicted molar refractivity (Wildman–Crippen MR) is 108 cm³/mol. The summed E-state index contributed by atoms with van der Waals surface area (Å²) in [5.41, 5.74) is 0.760. The molecule has 0 saturated carbocycles. The van der Waals surface area contributed by atoms with E-state index in [2.05, 4.69) is 20.9 Å². The average Bonchev–Trinajstić information content (AvgIpc) is 3.26. The van der Waals surface area contributed by atoms with E-state index in [9.17, 15) is 14.4 Å². The van der Waals surface area contributed by atoms with Crippen LogP contribution in [0.15, 0.2) is 18.3 Å². The number of halogens is 1. The molecule has 2 unspecified atom stereocenters. The van der Waals surface area contributed by atoms with Crippen LogP contribution >= 0.6 is 12.4 Å². The van der Waals surface area contributed by atoms with Crippen molar-refractivity contribution in [1.82, 2.24) is 25.8 Å². The quantitative estimate of drug-likeness (QED) is 0.660. The van der Waals surface area contributed by atoms with Crippen molar-refractivity contribution in [2.24, 2.45) is 5.92 Å². The Labute approximate surface area is 171 Å². The highest BCUT2D eigenvalue weighted by molar-refractivity contribution is 5.96. The molecule has 2 atom stereocenters. The van der Waals surface area contributed by atoms with E-state index >= 15 is 0 Å². The second-order valence-corrected chi connectivity index (χ2v) is 7.16. The van der Waals surface area contributed by atoms with Crippen LogP contribution in [0.25, 0.3) is 0 Å². The van der Waals surface area contributed by atoms with Crippen molar-refractivity contribution in [3.63, 3.8) is 0 Å². The van der Waals surface area contributed by atoms with Crippen LogP contribution in [-0.2, 0) is 4.79 Å². The van der Waals surface area contributed by atoms with Gasteiger partial charge in [0, 0.05) is 32.9 Å². The van der Waals surface area contributed by atoms with Crippen LogP contribution < -0.4 is 16.0 Å². The Bertz CT molecular complexity index is 691. The fourth-order valence-electron chi connectivity index (χ4n) is 3.66. The van der Waals surface area contributed by atoms with Crippen LogP contribution in [-0.4, -0.2) is 66.9 Å². The van der Waals surface area contributed by atoms with Gasteiger partial charge in [-0.05, 0) is 50.3 Å². The molecular weight excluding hydrogens is 382 g/mol. The van der Waals surface area contributed by atoms with Crippen molar-refractivity contribution >= 4 is 30.1 Å². The molecule has 0 aliphatic carbocycles. The van der Waals surface area contributed by atoms with E-state index in [0.29, 0.717) is 25.2 Å². The highest BCUT2D eigenvalue weighted by Crippen LogP contribution is 2.18. The van der Waals surface area contributed by atoms with Crippen LogP contribution in [0, 0.1) is 5.92 Å². The topological polar surface area (TPSA) is 103 Å². The highest BCUT2D eigenvalue weighted by atomic mass is 35.5. The molecule has 1 aromatic heterocycles. The smallest absolute Gasteiger partial charge is 0.269 e. The molecule has 2 aliphatic rings. The van der Waals surface area contributed by atoms with Crippen molar-refractivity contribution in [3.05, 3.63) is 29.6 Å². The molecule has 2 saturated heterocycles. The second-order valence-electron chi connectivity index (χ2n) is 7.16. The van der Waals surface area contributed by atoms with Gasteiger partial charge in [0.15, 0.2) is 0 Å². The predicted octanol–water partition coefficient (Wildman–Crippen LogP) is 0.583. The first-order chi connectivity index (χ1) is 13.1. The third-order valence-electron chi connectivity index (χ3n) is 5.22. The van der Waals surface area contributed by atoms with Crippen LogP contribution in [0.1, 0.15) is 46.5 Å². The fraction of sp³-hybridized carbons (Fsp3) is 0.579. The minimum absolute atomic E-state index is 0. The molecule has 9 heteroatoms. The Kier molecular flexibility index (Phi) is 8.19. The van der Waals surface area contributed by atoms with Gasteiger partial charge in [0.1, 0.15) is 5.69 Å². The maximum Gasteiger partial charge on any atom is 0.269 e. The van der Waals surface area contributed by atoms with Crippen molar-refractivity contribution in [3.8, 4) is 0 Å². The summed E-state index contributed by atoms with van der Waals surface area (Å²) < 4.78 is 0. The van der Waals surface area contributed by atoms with Crippen LogP contribution in [0.2, 0.25) is 0 Å². The van der Waals surface area contributed by atoms with Gasteiger partial charge in [0.05, 0.1) is 11.6 Å². The molecule has 3 amide bonds. The number of nitrogens with zero attached hydrogens (tertiary/aromatic N) is 2. The number of hydrogen-bond acceptors (Lipinski definition) is 5. The lowest BCUT2D eigenvalue weighted by atomic mass is 9.97. The van der Waals surface area contributed by atoms with E-state index in [-0.39, 0.29) is 47.8 Å². The van der Waals surface area contributed by atoms with Gasteiger partial charge in [-0.2, -0.15) is 0 Å². The third-order valence-corrected chi connectivity index (χ3v) is 5.22. The normalized spacial score (nSPS) is 21.5. The van der Waals surface area contributed by atoms with E-state index in [0.717, 1.165) is 32.2 Å². The van der Waals surface area contributed by atoms with Gasteiger partial charge in [-0.1, -0.05) is 0 Å². The van der Waals surface area contributed by atoms with Gasteiger partial charge in [-0.15, -0.1) is 12.4 Å². The Morgan fingerprint density at radius 1 is 1.25 bits per heavy atom. The first-order valence-corrected chi connectivity index (χ1v) is 9.57. The summed E-state index contributed by atoms with van der Waals surface area (Å²) in [6, 6.07) is 3.12. The van der Waals surface area contributed by atoms with Crippen molar-refractivity contribution in [2.45, 2.75) is 31.7 Å². The molecule has 1 aromatic rings. The molecule has 0 radical (unpaired) electrons. The molecule has 0 bridgehead atoms. The molecule has 0 spiro atoms. The number of carbonyl (C=O) groups excluding carboxylic acids is 3.